The zero-order valence-corrected chi connectivity index (χ0v) is 14.9. The minimum atomic E-state index is -0.255. The number of tetrazole rings is 1. The third-order valence-electron chi connectivity index (χ3n) is 3.67. The molecule has 2 N–H and O–H groups in total. The Labute approximate surface area is 155 Å². The fraction of sp³-hybridized carbons (Fsp3) is 0.105. The van der Waals surface area contributed by atoms with Gasteiger partial charge in [-0.25, -0.2) is 4.68 Å². The molecular formula is C19H18N6O2. The summed E-state index contributed by atoms with van der Waals surface area (Å²) in [7, 11) is 1.75. The van der Waals surface area contributed by atoms with Crippen molar-refractivity contribution in [3.05, 3.63) is 60.2 Å². The minimum Gasteiger partial charge on any atom is -0.326 e. The highest BCUT2D eigenvalue weighted by Gasteiger charge is 2.07. The van der Waals surface area contributed by atoms with E-state index in [1.807, 2.05) is 24.3 Å². The van der Waals surface area contributed by atoms with Gasteiger partial charge in [0.05, 0.1) is 0 Å². The monoisotopic (exact) mass is 362 g/mol. The number of carbonyl (C=O) groups excluding carboxylic acids is 2. The third-order valence-corrected chi connectivity index (χ3v) is 3.67. The molecule has 8 heteroatoms. The van der Waals surface area contributed by atoms with E-state index in [1.54, 1.807) is 42.1 Å². The first-order valence-corrected chi connectivity index (χ1v) is 8.21. The number of rotatable bonds is 5. The molecule has 8 nitrogen and oxygen atoms in total. The zero-order chi connectivity index (χ0) is 19.2. The zero-order valence-electron chi connectivity index (χ0n) is 14.9. The first kappa shape index (κ1) is 18.0. The summed E-state index contributed by atoms with van der Waals surface area (Å²) >= 11 is 0. The summed E-state index contributed by atoms with van der Waals surface area (Å²) in [5.41, 5.74) is 3.00. The maximum Gasteiger partial charge on any atom is 0.248 e. The molecule has 0 saturated heterocycles. The predicted molar refractivity (Wildman–Crippen MR) is 103 cm³/mol. The second-order valence-electron chi connectivity index (χ2n) is 5.83. The van der Waals surface area contributed by atoms with Gasteiger partial charge in [-0.3, -0.25) is 9.59 Å². The first-order chi connectivity index (χ1) is 13.0. The SMILES string of the molecule is CC(=O)Nc1ccc(/C=C/C(=O)Nc2cccc(-c3nnnn3C)c2)cc1. The average molecular weight is 362 g/mol. The molecule has 27 heavy (non-hydrogen) atoms. The van der Waals surface area contributed by atoms with Crippen molar-refractivity contribution in [3.8, 4) is 11.4 Å². The van der Waals surface area contributed by atoms with Crippen molar-refractivity contribution < 1.29 is 9.59 Å². The topological polar surface area (TPSA) is 102 Å². The van der Waals surface area contributed by atoms with Crippen molar-refractivity contribution in [3.63, 3.8) is 0 Å². The molecule has 0 aliphatic heterocycles. The molecule has 0 spiro atoms. The standard InChI is InChI=1S/C19H18N6O2/c1-13(26)20-16-9-6-14(7-10-16)8-11-18(27)21-17-5-3-4-15(12-17)19-22-23-24-25(19)2/h3-12H,1-2H3,(H,20,26)(H,21,27)/b11-8+. The summed E-state index contributed by atoms with van der Waals surface area (Å²) in [5.74, 6) is 0.229. The Balaban J connectivity index is 1.65. The van der Waals surface area contributed by atoms with E-state index >= 15 is 0 Å². The fourth-order valence-corrected chi connectivity index (χ4v) is 2.45. The van der Waals surface area contributed by atoms with Gasteiger partial charge in [0.1, 0.15) is 0 Å². The molecule has 0 radical (unpaired) electrons. The summed E-state index contributed by atoms with van der Waals surface area (Å²) in [6, 6.07) is 14.5. The van der Waals surface area contributed by atoms with Crippen molar-refractivity contribution in [2.24, 2.45) is 7.05 Å². The van der Waals surface area contributed by atoms with Crippen LogP contribution >= 0.6 is 0 Å². The molecule has 0 aliphatic rings. The van der Waals surface area contributed by atoms with Gasteiger partial charge in [-0.05, 0) is 46.3 Å². The van der Waals surface area contributed by atoms with Crippen LogP contribution in [0.2, 0.25) is 0 Å². The van der Waals surface area contributed by atoms with Gasteiger partial charge in [-0.15, -0.1) is 5.10 Å². The lowest BCUT2D eigenvalue weighted by molar-refractivity contribution is -0.114. The van der Waals surface area contributed by atoms with Crippen LogP contribution in [0.5, 0.6) is 0 Å². The second-order valence-corrected chi connectivity index (χ2v) is 5.83. The van der Waals surface area contributed by atoms with Crippen molar-refractivity contribution in [2.75, 3.05) is 10.6 Å². The van der Waals surface area contributed by atoms with E-state index in [9.17, 15) is 9.59 Å². The highest BCUT2D eigenvalue weighted by molar-refractivity contribution is 6.02. The molecule has 0 saturated carbocycles. The van der Waals surface area contributed by atoms with Crippen LogP contribution in [0.1, 0.15) is 12.5 Å². The normalized spacial score (nSPS) is 10.7. The molecule has 1 aromatic heterocycles. The lowest BCUT2D eigenvalue weighted by atomic mass is 10.1. The molecule has 3 aromatic rings. The number of carbonyl (C=O) groups is 2. The number of nitrogens with zero attached hydrogens (tertiary/aromatic N) is 4. The summed E-state index contributed by atoms with van der Waals surface area (Å²) in [5, 5.41) is 16.9. The summed E-state index contributed by atoms with van der Waals surface area (Å²) in [6.07, 6.45) is 3.15. The average Bonchev–Trinajstić information content (AvgIpc) is 3.07. The Morgan fingerprint density at radius 3 is 2.48 bits per heavy atom. The molecule has 2 amide bonds. The predicted octanol–water partition coefficient (Wildman–Crippen LogP) is 2.49. The Bertz CT molecular complexity index is 991. The minimum absolute atomic E-state index is 0.128. The Morgan fingerprint density at radius 2 is 1.81 bits per heavy atom. The van der Waals surface area contributed by atoms with Gasteiger partial charge in [0.2, 0.25) is 11.8 Å². The van der Waals surface area contributed by atoms with E-state index in [2.05, 4.69) is 26.2 Å². The molecule has 136 valence electrons. The van der Waals surface area contributed by atoms with Crippen molar-refractivity contribution in [2.45, 2.75) is 6.92 Å². The van der Waals surface area contributed by atoms with E-state index in [4.69, 9.17) is 0 Å². The van der Waals surface area contributed by atoms with Gasteiger partial charge < -0.3 is 10.6 Å². The quantitative estimate of drug-likeness (QED) is 0.679. The molecule has 0 aliphatic carbocycles. The molecule has 2 aromatic carbocycles. The number of anilines is 2. The third kappa shape index (κ3) is 4.85. The number of nitrogens with one attached hydrogen (secondary N) is 2. The number of aryl methyl sites for hydroxylation is 1. The van der Waals surface area contributed by atoms with Gasteiger partial charge in [0, 0.05) is 37.0 Å². The van der Waals surface area contributed by atoms with Gasteiger partial charge in [0.25, 0.3) is 0 Å². The van der Waals surface area contributed by atoms with Gasteiger partial charge in [0.15, 0.2) is 5.82 Å². The fourth-order valence-electron chi connectivity index (χ4n) is 2.45. The Hall–Kier alpha value is -3.81. The van der Waals surface area contributed by atoms with Crippen molar-refractivity contribution >= 4 is 29.3 Å². The van der Waals surface area contributed by atoms with E-state index in [-0.39, 0.29) is 11.8 Å². The summed E-state index contributed by atoms with van der Waals surface area (Å²) in [6.45, 7) is 1.45. The number of hydrogen-bond donors (Lipinski definition) is 2. The van der Waals surface area contributed by atoms with E-state index in [1.165, 1.54) is 13.0 Å². The van der Waals surface area contributed by atoms with Crippen LogP contribution in [-0.4, -0.2) is 32.0 Å². The summed E-state index contributed by atoms with van der Waals surface area (Å²) in [4.78, 5) is 23.2. The number of amides is 2. The number of hydrogen-bond acceptors (Lipinski definition) is 5. The van der Waals surface area contributed by atoms with Crippen LogP contribution in [0.25, 0.3) is 17.5 Å². The molecular weight excluding hydrogens is 344 g/mol. The largest absolute Gasteiger partial charge is 0.326 e. The van der Waals surface area contributed by atoms with E-state index in [0.717, 1.165) is 11.1 Å². The van der Waals surface area contributed by atoms with Crippen molar-refractivity contribution in [1.82, 2.24) is 20.2 Å². The summed E-state index contributed by atoms with van der Waals surface area (Å²) < 4.78 is 1.56. The lowest BCUT2D eigenvalue weighted by Gasteiger charge is -2.05. The number of aromatic nitrogens is 4. The second kappa shape index (κ2) is 8.05. The van der Waals surface area contributed by atoms with E-state index in [0.29, 0.717) is 17.2 Å². The lowest BCUT2D eigenvalue weighted by Crippen LogP contribution is -2.08. The van der Waals surface area contributed by atoms with E-state index < -0.39 is 0 Å². The number of benzene rings is 2. The highest BCUT2D eigenvalue weighted by atomic mass is 16.2. The molecule has 3 rings (SSSR count). The van der Waals surface area contributed by atoms with Crippen LogP contribution in [0.4, 0.5) is 11.4 Å². The van der Waals surface area contributed by atoms with Gasteiger partial charge in [-0.1, -0.05) is 24.3 Å². The maximum absolute atomic E-state index is 12.2. The van der Waals surface area contributed by atoms with Gasteiger partial charge in [-0.2, -0.15) is 0 Å². The van der Waals surface area contributed by atoms with Crippen molar-refractivity contribution in [1.29, 1.82) is 0 Å². The first-order valence-electron chi connectivity index (χ1n) is 8.21. The molecule has 1 heterocycles. The molecule has 0 bridgehead atoms. The van der Waals surface area contributed by atoms with Crippen LogP contribution in [0, 0.1) is 0 Å². The van der Waals surface area contributed by atoms with Crippen LogP contribution in [-0.2, 0) is 16.6 Å². The maximum atomic E-state index is 12.2. The smallest absolute Gasteiger partial charge is 0.248 e. The van der Waals surface area contributed by atoms with Crippen LogP contribution in [0.3, 0.4) is 0 Å². The molecule has 0 fully saturated rings. The Morgan fingerprint density at radius 1 is 1.04 bits per heavy atom. The highest BCUT2D eigenvalue weighted by Crippen LogP contribution is 2.19. The van der Waals surface area contributed by atoms with Crippen LogP contribution < -0.4 is 10.6 Å². The van der Waals surface area contributed by atoms with Gasteiger partial charge >= 0.3 is 0 Å². The molecule has 0 unspecified atom stereocenters. The Kier molecular flexibility index (Phi) is 5.36. The van der Waals surface area contributed by atoms with Crippen LogP contribution in [0.15, 0.2) is 54.6 Å². The molecule has 0 atom stereocenters.